The molecule has 2 rings (SSSR count). The molecule has 0 amide bonds. The van der Waals surface area contributed by atoms with Gasteiger partial charge in [0.15, 0.2) is 11.5 Å². The van der Waals surface area contributed by atoms with Crippen LogP contribution in [0.4, 0.5) is 0 Å². The number of fused-ring (bicyclic) bond motifs is 1. The zero-order chi connectivity index (χ0) is 13.2. The van der Waals surface area contributed by atoms with Gasteiger partial charge in [-0.2, -0.15) is 0 Å². The Morgan fingerprint density at radius 1 is 1.32 bits per heavy atom. The van der Waals surface area contributed by atoms with Crippen LogP contribution in [0.5, 0.6) is 11.5 Å². The molecule has 1 aromatic rings. The molecular formula is C15H24ClNO2. The van der Waals surface area contributed by atoms with Crippen LogP contribution >= 0.6 is 12.4 Å². The molecule has 0 atom stereocenters. The fourth-order valence-electron chi connectivity index (χ4n) is 2.26. The Morgan fingerprint density at radius 3 is 2.74 bits per heavy atom. The van der Waals surface area contributed by atoms with Crippen molar-refractivity contribution in [2.45, 2.75) is 32.3 Å². The molecular weight excluding hydrogens is 262 g/mol. The maximum Gasteiger partial charge on any atom is 0.165 e. The van der Waals surface area contributed by atoms with Gasteiger partial charge < -0.3 is 14.4 Å². The number of benzene rings is 1. The highest BCUT2D eigenvalue weighted by Gasteiger charge is 2.32. The number of hydrogen-bond donors (Lipinski definition) is 0. The molecule has 0 spiro atoms. The lowest BCUT2D eigenvalue weighted by Gasteiger charge is -2.18. The van der Waals surface area contributed by atoms with Gasteiger partial charge >= 0.3 is 0 Å². The summed E-state index contributed by atoms with van der Waals surface area (Å²) in [6.45, 7) is 6.01. The van der Waals surface area contributed by atoms with E-state index in [9.17, 15) is 0 Å². The van der Waals surface area contributed by atoms with Crippen molar-refractivity contribution in [3.05, 3.63) is 23.8 Å². The van der Waals surface area contributed by atoms with Crippen molar-refractivity contribution in [2.75, 3.05) is 27.2 Å². The molecule has 0 radical (unpaired) electrons. The highest BCUT2D eigenvalue weighted by Crippen LogP contribution is 2.41. The van der Waals surface area contributed by atoms with Gasteiger partial charge in [-0.15, -0.1) is 12.4 Å². The van der Waals surface area contributed by atoms with Gasteiger partial charge in [0, 0.05) is 18.5 Å². The average Bonchev–Trinajstić information content (AvgIpc) is 2.58. The van der Waals surface area contributed by atoms with Gasteiger partial charge in [0.25, 0.3) is 0 Å². The summed E-state index contributed by atoms with van der Waals surface area (Å²) in [4.78, 5) is 2.17. The summed E-state index contributed by atoms with van der Waals surface area (Å²) in [5.41, 5.74) is 1.15. The van der Waals surface area contributed by atoms with E-state index in [1.54, 1.807) is 0 Å². The maximum absolute atomic E-state index is 5.97. The fraction of sp³-hybridized carbons (Fsp3) is 0.600. The number of halogens is 1. The van der Waals surface area contributed by atoms with Crippen molar-refractivity contribution >= 4 is 12.4 Å². The van der Waals surface area contributed by atoms with Crippen LogP contribution in [0.15, 0.2) is 18.2 Å². The van der Waals surface area contributed by atoms with Gasteiger partial charge in [-0.3, -0.25) is 0 Å². The zero-order valence-electron chi connectivity index (χ0n) is 12.2. The van der Waals surface area contributed by atoms with E-state index in [2.05, 4.69) is 38.9 Å². The number of rotatable bonds is 5. The predicted molar refractivity (Wildman–Crippen MR) is 80.8 cm³/mol. The molecule has 0 bridgehead atoms. The Morgan fingerprint density at radius 2 is 2.05 bits per heavy atom. The maximum atomic E-state index is 5.97. The summed E-state index contributed by atoms with van der Waals surface area (Å²) in [5.74, 6) is 1.82. The van der Waals surface area contributed by atoms with Gasteiger partial charge in [-0.25, -0.2) is 0 Å². The number of hydrogen-bond acceptors (Lipinski definition) is 3. The number of para-hydroxylation sites is 1. The van der Waals surface area contributed by atoms with Crippen molar-refractivity contribution in [1.82, 2.24) is 4.90 Å². The second-order valence-electron chi connectivity index (χ2n) is 5.79. The Balaban J connectivity index is 0.00000180. The lowest BCUT2D eigenvalue weighted by molar-refractivity contribution is 0.131. The first-order valence-electron chi connectivity index (χ1n) is 6.56. The first-order chi connectivity index (χ1) is 8.48. The molecule has 1 aliphatic heterocycles. The van der Waals surface area contributed by atoms with Gasteiger partial charge in [-0.1, -0.05) is 12.1 Å². The molecule has 1 aliphatic rings. The van der Waals surface area contributed by atoms with Gasteiger partial charge in [0.05, 0.1) is 6.61 Å². The third-order valence-corrected chi connectivity index (χ3v) is 3.06. The summed E-state index contributed by atoms with van der Waals surface area (Å²) in [7, 11) is 4.15. The standard InChI is InChI=1S/C15H23NO2.ClH/c1-15(2)11-12-7-5-8-13(14(12)18-15)17-10-6-9-16(3)4;/h5,7-8H,6,9-11H2,1-4H3;1H. The van der Waals surface area contributed by atoms with Crippen molar-refractivity contribution in [2.24, 2.45) is 0 Å². The molecule has 0 saturated heterocycles. The molecule has 19 heavy (non-hydrogen) atoms. The van der Waals surface area contributed by atoms with E-state index in [-0.39, 0.29) is 18.0 Å². The van der Waals surface area contributed by atoms with Crippen molar-refractivity contribution in [3.8, 4) is 11.5 Å². The van der Waals surface area contributed by atoms with Crippen molar-refractivity contribution in [3.63, 3.8) is 0 Å². The second-order valence-corrected chi connectivity index (χ2v) is 5.79. The van der Waals surface area contributed by atoms with Crippen LogP contribution in [-0.4, -0.2) is 37.7 Å². The minimum absolute atomic E-state index is 0. The molecule has 0 saturated carbocycles. The Bertz CT molecular complexity index is 419. The molecule has 0 N–H and O–H groups in total. The lowest BCUT2D eigenvalue weighted by Crippen LogP contribution is -2.24. The SMILES string of the molecule is CN(C)CCCOc1cccc2c1OC(C)(C)C2.Cl. The highest BCUT2D eigenvalue weighted by molar-refractivity contribution is 5.85. The van der Waals surface area contributed by atoms with Crippen LogP contribution in [0, 0.1) is 0 Å². The summed E-state index contributed by atoms with van der Waals surface area (Å²) in [6.07, 6.45) is 1.98. The van der Waals surface area contributed by atoms with Gasteiger partial charge in [0.1, 0.15) is 5.60 Å². The molecule has 1 aromatic carbocycles. The van der Waals surface area contributed by atoms with E-state index < -0.39 is 0 Å². The normalized spacial score (nSPS) is 15.6. The minimum Gasteiger partial charge on any atom is -0.490 e. The smallest absolute Gasteiger partial charge is 0.165 e. The summed E-state index contributed by atoms with van der Waals surface area (Å²) < 4.78 is 11.8. The average molecular weight is 286 g/mol. The number of ether oxygens (including phenoxy) is 2. The monoisotopic (exact) mass is 285 g/mol. The molecule has 1 heterocycles. The first kappa shape index (κ1) is 16.1. The van der Waals surface area contributed by atoms with Crippen LogP contribution in [-0.2, 0) is 6.42 Å². The van der Waals surface area contributed by atoms with Crippen LogP contribution in [0.3, 0.4) is 0 Å². The first-order valence-corrected chi connectivity index (χ1v) is 6.56. The second kappa shape index (κ2) is 6.49. The van der Waals surface area contributed by atoms with Crippen LogP contribution < -0.4 is 9.47 Å². The Kier molecular flexibility index (Phi) is 5.50. The van der Waals surface area contributed by atoms with E-state index in [0.29, 0.717) is 0 Å². The molecule has 0 fully saturated rings. The molecule has 4 heteroatoms. The number of nitrogens with zero attached hydrogens (tertiary/aromatic N) is 1. The van der Waals surface area contributed by atoms with E-state index in [4.69, 9.17) is 9.47 Å². The quantitative estimate of drug-likeness (QED) is 0.776. The van der Waals surface area contributed by atoms with E-state index in [1.165, 1.54) is 5.56 Å². The predicted octanol–water partition coefficient (Wildman–Crippen LogP) is 3.15. The largest absolute Gasteiger partial charge is 0.490 e. The third kappa shape index (κ3) is 4.29. The summed E-state index contributed by atoms with van der Waals surface area (Å²) >= 11 is 0. The van der Waals surface area contributed by atoms with Gasteiger partial charge in [-0.05, 0) is 40.4 Å². The topological polar surface area (TPSA) is 21.7 Å². The van der Waals surface area contributed by atoms with Gasteiger partial charge in [0.2, 0.25) is 0 Å². The molecule has 108 valence electrons. The van der Waals surface area contributed by atoms with Crippen LogP contribution in [0.2, 0.25) is 0 Å². The lowest BCUT2D eigenvalue weighted by atomic mass is 10.0. The Hall–Kier alpha value is -0.930. The van der Waals surface area contributed by atoms with Crippen LogP contribution in [0.1, 0.15) is 25.8 Å². The van der Waals surface area contributed by atoms with Crippen molar-refractivity contribution < 1.29 is 9.47 Å². The van der Waals surface area contributed by atoms with Crippen LogP contribution in [0.25, 0.3) is 0 Å². The highest BCUT2D eigenvalue weighted by atomic mass is 35.5. The van der Waals surface area contributed by atoms with E-state index in [1.807, 2.05) is 12.1 Å². The minimum atomic E-state index is -0.106. The molecule has 0 aliphatic carbocycles. The molecule has 3 nitrogen and oxygen atoms in total. The summed E-state index contributed by atoms with van der Waals surface area (Å²) in [6, 6.07) is 6.16. The van der Waals surface area contributed by atoms with E-state index in [0.717, 1.165) is 37.5 Å². The zero-order valence-corrected chi connectivity index (χ0v) is 13.0. The fourth-order valence-corrected chi connectivity index (χ4v) is 2.26. The molecule has 0 aromatic heterocycles. The van der Waals surface area contributed by atoms with E-state index >= 15 is 0 Å². The third-order valence-electron chi connectivity index (χ3n) is 3.06. The molecule has 0 unspecified atom stereocenters. The Labute approximate surface area is 122 Å². The summed E-state index contributed by atoms with van der Waals surface area (Å²) in [5, 5.41) is 0. The van der Waals surface area contributed by atoms with Crippen molar-refractivity contribution in [1.29, 1.82) is 0 Å².